The first-order valence-electron chi connectivity index (χ1n) is 6.37. The lowest BCUT2D eigenvalue weighted by atomic mass is 10.2. The van der Waals surface area contributed by atoms with Crippen LogP contribution in [-0.4, -0.2) is 31.1 Å². The minimum Gasteiger partial charge on any atom is -0.304 e. The second kappa shape index (κ2) is 5.89. The zero-order valence-corrected chi connectivity index (χ0v) is 11.8. The molecule has 20 heavy (non-hydrogen) atoms. The number of benzene rings is 1. The second-order valence-electron chi connectivity index (χ2n) is 4.22. The van der Waals surface area contributed by atoms with Crippen molar-refractivity contribution in [1.29, 1.82) is 0 Å². The van der Waals surface area contributed by atoms with E-state index in [1.807, 2.05) is 35.0 Å². The van der Waals surface area contributed by atoms with Gasteiger partial charge in [0.05, 0.1) is 34.7 Å². The standard InChI is InChI=1S/C13H14N6S/c1-2-14-13(12-9-16-18-20-12)11-8-15-17-19(11)10-6-4-3-5-7-10/h3-9,13-14H,2H2,1H3. The molecule has 1 unspecified atom stereocenters. The monoisotopic (exact) mass is 286 g/mol. The van der Waals surface area contributed by atoms with E-state index in [4.69, 9.17) is 0 Å². The van der Waals surface area contributed by atoms with Crippen molar-refractivity contribution < 1.29 is 0 Å². The quantitative estimate of drug-likeness (QED) is 0.775. The number of aromatic nitrogens is 5. The van der Waals surface area contributed by atoms with E-state index in [-0.39, 0.29) is 6.04 Å². The molecule has 0 spiro atoms. The summed E-state index contributed by atoms with van der Waals surface area (Å²) in [6.45, 7) is 2.90. The molecular formula is C13H14N6S. The molecule has 3 rings (SSSR count). The lowest BCUT2D eigenvalue weighted by molar-refractivity contribution is 0.599. The molecule has 2 heterocycles. The first kappa shape index (κ1) is 12.9. The largest absolute Gasteiger partial charge is 0.304 e. The molecule has 0 aliphatic carbocycles. The third-order valence-corrected chi connectivity index (χ3v) is 3.67. The van der Waals surface area contributed by atoms with Gasteiger partial charge in [-0.1, -0.05) is 34.8 Å². The van der Waals surface area contributed by atoms with Crippen molar-refractivity contribution in [3.63, 3.8) is 0 Å². The zero-order chi connectivity index (χ0) is 13.8. The van der Waals surface area contributed by atoms with Crippen LogP contribution < -0.4 is 5.32 Å². The maximum Gasteiger partial charge on any atom is 0.0895 e. The van der Waals surface area contributed by atoms with Crippen LogP contribution in [0, 0.1) is 0 Å². The van der Waals surface area contributed by atoms with Crippen molar-refractivity contribution in [2.45, 2.75) is 13.0 Å². The van der Waals surface area contributed by atoms with Crippen LogP contribution in [0.5, 0.6) is 0 Å². The van der Waals surface area contributed by atoms with Crippen LogP contribution in [0.25, 0.3) is 5.69 Å². The summed E-state index contributed by atoms with van der Waals surface area (Å²) in [5.74, 6) is 0. The number of rotatable bonds is 5. The Bertz CT molecular complexity index is 649. The summed E-state index contributed by atoms with van der Waals surface area (Å²) in [4.78, 5) is 1.05. The Morgan fingerprint density at radius 1 is 1.20 bits per heavy atom. The molecular weight excluding hydrogens is 272 g/mol. The average Bonchev–Trinajstić information content (AvgIpc) is 3.17. The summed E-state index contributed by atoms with van der Waals surface area (Å²) in [7, 11) is 0. The SMILES string of the molecule is CCNC(c1cnns1)c1cnnn1-c1ccccc1. The Labute approximate surface area is 120 Å². The maximum atomic E-state index is 4.19. The fraction of sp³-hybridized carbons (Fsp3) is 0.231. The Hall–Kier alpha value is -2.12. The van der Waals surface area contributed by atoms with Crippen LogP contribution in [0.2, 0.25) is 0 Å². The van der Waals surface area contributed by atoms with Crippen LogP contribution in [-0.2, 0) is 0 Å². The van der Waals surface area contributed by atoms with E-state index in [0.29, 0.717) is 0 Å². The molecule has 0 aliphatic rings. The van der Waals surface area contributed by atoms with Crippen molar-refractivity contribution in [2.75, 3.05) is 6.54 Å². The lowest BCUT2D eigenvalue weighted by Crippen LogP contribution is -2.23. The fourth-order valence-corrected chi connectivity index (χ4v) is 2.66. The van der Waals surface area contributed by atoms with E-state index < -0.39 is 0 Å². The highest BCUT2D eigenvalue weighted by molar-refractivity contribution is 7.05. The van der Waals surface area contributed by atoms with E-state index in [1.54, 1.807) is 12.4 Å². The molecule has 7 heteroatoms. The highest BCUT2D eigenvalue weighted by atomic mass is 32.1. The van der Waals surface area contributed by atoms with E-state index in [9.17, 15) is 0 Å². The summed E-state index contributed by atoms with van der Waals surface area (Å²) >= 11 is 1.38. The number of nitrogens with zero attached hydrogens (tertiary/aromatic N) is 5. The molecule has 0 saturated carbocycles. The Morgan fingerprint density at radius 3 is 2.75 bits per heavy atom. The molecule has 0 amide bonds. The first-order chi connectivity index (χ1) is 9.90. The van der Waals surface area contributed by atoms with Crippen LogP contribution in [0.1, 0.15) is 23.5 Å². The summed E-state index contributed by atoms with van der Waals surface area (Å²) in [6.07, 6.45) is 3.56. The van der Waals surface area contributed by atoms with Crippen LogP contribution in [0.4, 0.5) is 0 Å². The molecule has 3 aromatic rings. The van der Waals surface area contributed by atoms with Gasteiger partial charge < -0.3 is 5.32 Å². The summed E-state index contributed by atoms with van der Waals surface area (Å²) < 4.78 is 5.78. The van der Waals surface area contributed by atoms with Gasteiger partial charge in [-0.25, -0.2) is 4.68 Å². The third kappa shape index (κ3) is 2.45. The molecule has 0 fully saturated rings. The van der Waals surface area contributed by atoms with Crippen LogP contribution in [0.15, 0.2) is 42.7 Å². The van der Waals surface area contributed by atoms with Gasteiger partial charge in [-0.3, -0.25) is 0 Å². The Balaban J connectivity index is 2.03. The number of hydrogen-bond acceptors (Lipinski definition) is 6. The minimum atomic E-state index is -0.00444. The number of hydrogen-bond donors (Lipinski definition) is 1. The fourth-order valence-electron chi connectivity index (χ4n) is 2.07. The van der Waals surface area contributed by atoms with Crippen molar-refractivity contribution in [2.24, 2.45) is 0 Å². The highest BCUT2D eigenvalue weighted by Gasteiger charge is 2.21. The normalized spacial score (nSPS) is 12.4. The lowest BCUT2D eigenvalue weighted by Gasteiger charge is -2.16. The van der Waals surface area contributed by atoms with Gasteiger partial charge in [0.1, 0.15) is 0 Å². The van der Waals surface area contributed by atoms with Gasteiger partial charge in [-0.05, 0) is 30.2 Å². The molecule has 102 valence electrons. The smallest absolute Gasteiger partial charge is 0.0895 e. The molecule has 0 bridgehead atoms. The van der Waals surface area contributed by atoms with Crippen molar-refractivity contribution in [1.82, 2.24) is 29.9 Å². The molecule has 0 radical (unpaired) electrons. The van der Waals surface area contributed by atoms with Gasteiger partial charge >= 0.3 is 0 Å². The molecule has 1 N–H and O–H groups in total. The molecule has 0 aliphatic heterocycles. The molecule has 0 saturated heterocycles. The van der Waals surface area contributed by atoms with Gasteiger partial charge in [0.15, 0.2) is 0 Å². The van der Waals surface area contributed by atoms with Crippen LogP contribution in [0.3, 0.4) is 0 Å². The van der Waals surface area contributed by atoms with E-state index in [1.165, 1.54) is 11.5 Å². The maximum absolute atomic E-state index is 4.19. The Morgan fingerprint density at radius 2 is 2.05 bits per heavy atom. The second-order valence-corrected chi connectivity index (χ2v) is 5.03. The van der Waals surface area contributed by atoms with Gasteiger partial charge in [-0.2, -0.15) is 0 Å². The van der Waals surface area contributed by atoms with E-state index in [2.05, 4.69) is 32.1 Å². The molecule has 1 atom stereocenters. The zero-order valence-electron chi connectivity index (χ0n) is 11.0. The number of para-hydroxylation sites is 1. The topological polar surface area (TPSA) is 68.5 Å². The van der Waals surface area contributed by atoms with Crippen molar-refractivity contribution in [3.05, 3.63) is 53.3 Å². The average molecular weight is 286 g/mol. The van der Waals surface area contributed by atoms with Gasteiger partial charge in [0.25, 0.3) is 0 Å². The van der Waals surface area contributed by atoms with Gasteiger partial charge in [0.2, 0.25) is 0 Å². The molecule has 6 nitrogen and oxygen atoms in total. The van der Waals surface area contributed by atoms with E-state index >= 15 is 0 Å². The summed E-state index contributed by atoms with van der Waals surface area (Å²) in [6, 6.07) is 9.96. The van der Waals surface area contributed by atoms with Crippen LogP contribution >= 0.6 is 11.5 Å². The first-order valence-corrected chi connectivity index (χ1v) is 7.14. The number of nitrogens with one attached hydrogen (secondary N) is 1. The predicted octanol–water partition coefficient (Wildman–Crippen LogP) is 1.82. The minimum absolute atomic E-state index is 0.00444. The Kier molecular flexibility index (Phi) is 3.80. The predicted molar refractivity (Wildman–Crippen MR) is 76.8 cm³/mol. The van der Waals surface area contributed by atoms with Gasteiger partial charge in [-0.15, -0.1) is 10.2 Å². The van der Waals surface area contributed by atoms with Crippen molar-refractivity contribution >= 4 is 11.5 Å². The third-order valence-electron chi connectivity index (χ3n) is 2.94. The molecule has 1 aromatic carbocycles. The van der Waals surface area contributed by atoms with E-state index in [0.717, 1.165) is 22.8 Å². The highest BCUT2D eigenvalue weighted by Crippen LogP contribution is 2.24. The van der Waals surface area contributed by atoms with Gasteiger partial charge in [0, 0.05) is 0 Å². The molecule has 2 aromatic heterocycles. The van der Waals surface area contributed by atoms with Crippen molar-refractivity contribution in [3.8, 4) is 5.69 Å². The summed E-state index contributed by atoms with van der Waals surface area (Å²) in [5, 5.41) is 15.6. The summed E-state index contributed by atoms with van der Waals surface area (Å²) in [5.41, 5.74) is 1.96.